The number of carbonyl (C=O) groups excluding carboxylic acids is 3. The Morgan fingerprint density at radius 2 is 1.43 bits per heavy atom. The molecule has 4 heterocycles. The first-order chi connectivity index (χ1) is 29.9. The highest BCUT2D eigenvalue weighted by atomic mass is 16.8. The normalized spacial score (nSPS) is 52.4. The number of cyclic esters (lactones) is 1. The van der Waals surface area contributed by atoms with Gasteiger partial charge in [-0.25, -0.2) is 0 Å². The zero-order valence-electron chi connectivity index (χ0n) is 36.8. The fourth-order valence-electron chi connectivity index (χ4n) is 13.6. The molecule has 19 nitrogen and oxygen atoms in total. The molecule has 0 aromatic carbocycles. The van der Waals surface area contributed by atoms with Gasteiger partial charge in [0.05, 0.1) is 44.6 Å². The maximum absolute atomic E-state index is 14.8. The van der Waals surface area contributed by atoms with E-state index in [1.54, 1.807) is 6.92 Å². The summed E-state index contributed by atoms with van der Waals surface area (Å²) in [4.78, 5) is 39.7. The molecule has 23 atom stereocenters. The number of carbonyl (C=O) groups is 3. The Labute approximate surface area is 366 Å². The quantitative estimate of drug-likeness (QED) is 0.103. The third-order valence-electron chi connectivity index (χ3n) is 16.8. The smallest absolute Gasteiger partial charge is 0.306 e. The predicted molar refractivity (Wildman–Crippen MR) is 212 cm³/mol. The third kappa shape index (κ3) is 8.31. The van der Waals surface area contributed by atoms with Crippen molar-refractivity contribution in [1.29, 1.82) is 0 Å². The van der Waals surface area contributed by atoms with Crippen LogP contribution >= 0.6 is 0 Å². The fourth-order valence-corrected chi connectivity index (χ4v) is 13.6. The zero-order valence-corrected chi connectivity index (χ0v) is 36.8. The van der Waals surface area contributed by atoms with Gasteiger partial charge in [0.15, 0.2) is 18.9 Å². The lowest BCUT2D eigenvalue weighted by Gasteiger charge is -2.67. The maximum Gasteiger partial charge on any atom is 0.306 e. The summed E-state index contributed by atoms with van der Waals surface area (Å²) in [5.41, 5.74) is -1.26. The minimum atomic E-state index is -1.75. The number of hydrogen-bond donors (Lipinski definition) is 7. The first-order valence-corrected chi connectivity index (χ1v) is 22.9. The predicted octanol–water partition coefficient (Wildman–Crippen LogP) is -0.382. The number of esters is 2. The lowest BCUT2D eigenvalue weighted by Crippen LogP contribution is -2.67. The molecule has 0 unspecified atom stereocenters. The maximum atomic E-state index is 14.8. The average molecular weight is 901 g/mol. The molecule has 0 aromatic heterocycles. The van der Waals surface area contributed by atoms with Crippen molar-refractivity contribution in [3.05, 3.63) is 0 Å². The van der Waals surface area contributed by atoms with Crippen LogP contribution in [0.4, 0.5) is 0 Å². The van der Waals surface area contributed by atoms with Crippen LogP contribution < -0.4 is 0 Å². The largest absolute Gasteiger partial charge is 0.465 e. The Morgan fingerprint density at radius 3 is 2.08 bits per heavy atom. The highest BCUT2D eigenvalue weighted by Crippen LogP contribution is 2.70. The Hall–Kier alpha value is -1.95. The third-order valence-corrected chi connectivity index (χ3v) is 16.8. The summed E-state index contributed by atoms with van der Waals surface area (Å²) < 4.78 is 53.5. The molecule has 4 saturated heterocycles. The van der Waals surface area contributed by atoms with Crippen molar-refractivity contribution in [3.63, 3.8) is 0 Å². The number of rotatable bonds is 11. The van der Waals surface area contributed by atoms with Crippen LogP contribution in [0, 0.1) is 39.9 Å². The number of ether oxygens (including phenoxy) is 9. The van der Waals surface area contributed by atoms with E-state index in [4.69, 9.17) is 42.6 Å². The minimum absolute atomic E-state index is 0.0637. The molecule has 4 saturated carbocycles. The fraction of sp³-hybridized carbons (Fsp3) is 0.932. The topological polar surface area (TPSA) is 276 Å². The number of ketones is 1. The van der Waals surface area contributed by atoms with Crippen molar-refractivity contribution >= 4 is 17.7 Å². The summed E-state index contributed by atoms with van der Waals surface area (Å²) >= 11 is 0. The number of aliphatic hydroxyl groups excluding tert-OH is 7. The molecule has 8 fully saturated rings. The number of fused-ring (bicyclic) bond motifs is 3. The molecule has 8 rings (SSSR count). The molecule has 0 radical (unpaired) electrons. The van der Waals surface area contributed by atoms with Gasteiger partial charge in [-0.05, 0) is 75.5 Å². The number of aliphatic hydroxyl groups is 7. The molecule has 0 amide bonds. The van der Waals surface area contributed by atoms with Crippen LogP contribution in [0.1, 0.15) is 91.9 Å². The van der Waals surface area contributed by atoms with E-state index in [-0.39, 0.29) is 41.5 Å². The zero-order chi connectivity index (χ0) is 45.3. The van der Waals surface area contributed by atoms with Crippen molar-refractivity contribution in [3.8, 4) is 0 Å². The van der Waals surface area contributed by atoms with Gasteiger partial charge in [-0.15, -0.1) is 0 Å². The van der Waals surface area contributed by atoms with E-state index >= 15 is 0 Å². The van der Waals surface area contributed by atoms with Crippen molar-refractivity contribution in [1.82, 2.24) is 0 Å². The highest BCUT2D eigenvalue weighted by molar-refractivity contribution is 5.92. The van der Waals surface area contributed by atoms with Gasteiger partial charge in [0.1, 0.15) is 66.8 Å². The van der Waals surface area contributed by atoms with Gasteiger partial charge in [0.25, 0.3) is 0 Å². The summed E-state index contributed by atoms with van der Waals surface area (Å²) in [6, 6.07) is 0. The molecule has 2 bridgehead atoms. The first-order valence-electron chi connectivity index (χ1n) is 22.9. The second-order valence-electron chi connectivity index (χ2n) is 20.2. The molecule has 63 heavy (non-hydrogen) atoms. The van der Waals surface area contributed by atoms with Crippen LogP contribution in [0.3, 0.4) is 0 Å². The second-order valence-corrected chi connectivity index (χ2v) is 20.2. The Bertz CT molecular complexity index is 1670. The van der Waals surface area contributed by atoms with E-state index in [9.17, 15) is 50.1 Å². The van der Waals surface area contributed by atoms with Gasteiger partial charge >= 0.3 is 11.9 Å². The van der Waals surface area contributed by atoms with Crippen molar-refractivity contribution in [2.75, 3.05) is 26.9 Å². The Morgan fingerprint density at radius 1 is 0.762 bits per heavy atom. The average Bonchev–Trinajstić information content (AvgIpc) is 3.67. The van der Waals surface area contributed by atoms with Gasteiger partial charge in [-0.3, -0.25) is 14.4 Å². The molecule has 7 N–H and O–H groups in total. The second kappa shape index (κ2) is 18.3. The summed E-state index contributed by atoms with van der Waals surface area (Å²) in [6.45, 7) is 6.71. The monoisotopic (exact) mass is 900 g/mol. The molecular formula is C44H68O19. The van der Waals surface area contributed by atoms with Gasteiger partial charge < -0.3 is 78.4 Å². The molecule has 0 aromatic rings. The molecule has 4 aliphatic heterocycles. The molecular weight excluding hydrogens is 832 g/mol. The Balaban J connectivity index is 0.913. The summed E-state index contributed by atoms with van der Waals surface area (Å²) in [5, 5.41) is 72.7. The number of methoxy groups -OCH3 is 1. The van der Waals surface area contributed by atoms with Gasteiger partial charge in [0.2, 0.25) is 0 Å². The van der Waals surface area contributed by atoms with Crippen LogP contribution in [0.25, 0.3) is 0 Å². The first kappa shape index (κ1) is 47.5. The van der Waals surface area contributed by atoms with Crippen molar-refractivity contribution < 1.29 is 92.8 Å². The van der Waals surface area contributed by atoms with Crippen LogP contribution in [0.5, 0.6) is 0 Å². The van der Waals surface area contributed by atoms with Gasteiger partial charge in [-0.1, -0.05) is 13.8 Å². The van der Waals surface area contributed by atoms with E-state index in [1.807, 2.05) is 0 Å². The summed E-state index contributed by atoms with van der Waals surface area (Å²) in [5.74, 6) is -0.0234. The van der Waals surface area contributed by atoms with Crippen LogP contribution in [-0.2, 0) is 57.0 Å². The van der Waals surface area contributed by atoms with Crippen molar-refractivity contribution in [2.24, 2.45) is 39.9 Å². The molecule has 8 aliphatic rings. The van der Waals surface area contributed by atoms with Crippen molar-refractivity contribution in [2.45, 2.75) is 190 Å². The van der Waals surface area contributed by atoms with E-state index in [0.29, 0.717) is 38.1 Å². The van der Waals surface area contributed by atoms with E-state index in [2.05, 4.69) is 13.8 Å². The van der Waals surface area contributed by atoms with Crippen LogP contribution in [-0.4, -0.2) is 179 Å². The standard InChI is InChI=1S/C44H68O19/c1-19-37(63-40-36(53)34(51)32(49)27(62-40)18-57-39-35(52)33(50)31(48)26(16-45)61-39)25(55-5)15-30(58-19)60-24-8-10-42(3)23(38(24)59-20(2)46)7-13-44-12-6-22(21-14-29(47)56-17-21)43(4,41(44)54)11-9-28(42)44/h19,21-28,30-40,45,48-53H,6-18H2,1-5H3/t19-,21-,22+,23-,24-,25+,26+,27+,28+,30-,31+,32+,33-,34-,35+,36+,37+,38+,39+,40-,42-,43+,44-/m0/s1. The lowest BCUT2D eigenvalue weighted by molar-refractivity contribution is -0.356. The molecule has 1 spiro atoms. The lowest BCUT2D eigenvalue weighted by atomic mass is 9.36. The van der Waals surface area contributed by atoms with E-state index < -0.39 is 128 Å². The SMILES string of the molecule is CO[C@@H]1C[C@H](O[C@H]2CC[C@@]3(C)[C@@H](CC[C@@]45CC[C@H]([C@@H]6COC(=O)C6)[C@@](C)(CC[C@@H]43)C5=O)[C@H]2OC(C)=O)O[C@@H](C)[C@H]1O[C@@H]1O[C@H](CO[C@@H]2O[C@H](CO)[C@@H](O)[C@H](O)[C@H]2O)[C@@H](O)[C@H](O)[C@H]1O. The number of Topliss-reactive ketones (excluding diaryl/α,β-unsaturated/α-hetero) is 1. The van der Waals surface area contributed by atoms with Crippen LogP contribution in [0.15, 0.2) is 0 Å². The number of hydrogen-bond acceptors (Lipinski definition) is 19. The Kier molecular flexibility index (Phi) is 13.8. The molecule has 4 aliphatic carbocycles. The van der Waals surface area contributed by atoms with E-state index in [0.717, 1.165) is 32.1 Å². The summed E-state index contributed by atoms with van der Waals surface area (Å²) in [7, 11) is 1.49. The minimum Gasteiger partial charge on any atom is -0.465 e. The highest BCUT2D eigenvalue weighted by Gasteiger charge is 2.70. The van der Waals surface area contributed by atoms with Gasteiger partial charge in [0, 0.05) is 43.1 Å². The van der Waals surface area contributed by atoms with Gasteiger partial charge in [-0.2, -0.15) is 0 Å². The van der Waals surface area contributed by atoms with Crippen LogP contribution in [0.2, 0.25) is 0 Å². The summed E-state index contributed by atoms with van der Waals surface area (Å²) in [6.07, 6.45) is -13.4. The molecule has 358 valence electrons. The molecule has 19 heteroatoms. The van der Waals surface area contributed by atoms with E-state index in [1.165, 1.54) is 14.0 Å².